The van der Waals surface area contributed by atoms with Crippen LogP contribution < -0.4 is 16.2 Å². The largest absolute Gasteiger partial charge is 0.373 e. The van der Waals surface area contributed by atoms with Crippen LogP contribution in [-0.2, 0) is 13.0 Å². The normalized spacial score (nSPS) is 12.5. The first-order valence-electron chi connectivity index (χ1n) is 9.42. The lowest BCUT2D eigenvalue weighted by Gasteiger charge is -2.26. The fraction of sp³-hybridized carbons (Fsp3) is 0.381. The molecule has 0 saturated carbocycles. The first kappa shape index (κ1) is 19.8. The first-order valence-corrected chi connectivity index (χ1v) is 9.42. The minimum absolute atomic E-state index is 0.0581. The molecule has 2 N–H and O–H groups in total. The molecule has 0 fully saturated rings. The van der Waals surface area contributed by atoms with Crippen LogP contribution >= 0.6 is 0 Å². The number of carbonyl (C=O) groups excluding carboxylic acids is 1. The zero-order valence-corrected chi connectivity index (χ0v) is 16.9. The van der Waals surface area contributed by atoms with E-state index in [1.807, 2.05) is 45.1 Å². The van der Waals surface area contributed by atoms with Gasteiger partial charge in [0.05, 0.1) is 16.9 Å². The maximum atomic E-state index is 12.4. The zero-order valence-electron chi connectivity index (χ0n) is 16.9. The number of nitrogens with zero attached hydrogens (tertiary/aromatic N) is 4. The second kappa shape index (κ2) is 7.98. The van der Waals surface area contributed by atoms with E-state index in [4.69, 9.17) is 5.73 Å². The number of pyridine rings is 1. The highest BCUT2D eigenvalue weighted by Gasteiger charge is 2.25. The van der Waals surface area contributed by atoms with E-state index in [0.29, 0.717) is 18.5 Å². The van der Waals surface area contributed by atoms with Crippen LogP contribution in [-0.4, -0.2) is 55.8 Å². The Morgan fingerprint density at radius 1 is 1.25 bits per heavy atom. The van der Waals surface area contributed by atoms with E-state index in [1.165, 1.54) is 0 Å². The molecule has 0 aliphatic carbocycles. The number of amides is 1. The van der Waals surface area contributed by atoms with Gasteiger partial charge in [-0.3, -0.25) is 14.6 Å². The molecule has 7 nitrogen and oxygen atoms in total. The number of aliphatic imine (C=N–C) groups is 1. The summed E-state index contributed by atoms with van der Waals surface area (Å²) >= 11 is 0. The van der Waals surface area contributed by atoms with Gasteiger partial charge in [-0.1, -0.05) is 0 Å². The van der Waals surface area contributed by atoms with Gasteiger partial charge in [0.25, 0.3) is 11.5 Å². The predicted molar refractivity (Wildman–Crippen MR) is 114 cm³/mol. The molecule has 0 spiro atoms. The molecule has 0 radical (unpaired) electrons. The number of aromatic nitrogens is 1. The number of benzene rings is 1. The second-order valence-corrected chi connectivity index (χ2v) is 7.29. The van der Waals surface area contributed by atoms with Crippen LogP contribution in [0.1, 0.15) is 22.8 Å². The van der Waals surface area contributed by atoms with Gasteiger partial charge in [-0.15, -0.1) is 0 Å². The van der Waals surface area contributed by atoms with Crippen molar-refractivity contribution in [2.45, 2.75) is 19.9 Å². The van der Waals surface area contributed by atoms with Crippen molar-refractivity contribution in [2.75, 3.05) is 39.1 Å². The van der Waals surface area contributed by atoms with Crippen LogP contribution in [0, 0.1) is 0 Å². The maximum Gasteiger partial charge on any atom is 0.251 e. The van der Waals surface area contributed by atoms with Crippen molar-refractivity contribution in [3.63, 3.8) is 0 Å². The summed E-state index contributed by atoms with van der Waals surface area (Å²) in [5.41, 5.74) is 10.2. The third-order valence-corrected chi connectivity index (χ3v) is 5.08. The number of anilines is 1. The minimum Gasteiger partial charge on any atom is -0.373 e. The third kappa shape index (κ3) is 3.71. The van der Waals surface area contributed by atoms with E-state index in [2.05, 4.69) is 9.89 Å². The number of fused-ring (bicyclic) bond motifs is 1. The summed E-state index contributed by atoms with van der Waals surface area (Å²) in [4.78, 5) is 33.3. The van der Waals surface area contributed by atoms with E-state index in [9.17, 15) is 9.59 Å². The molecule has 0 atom stereocenters. The number of carbonyl (C=O) groups is 1. The lowest BCUT2D eigenvalue weighted by Crippen LogP contribution is -2.30. The number of hydrogen-bond acceptors (Lipinski definition) is 5. The fourth-order valence-corrected chi connectivity index (χ4v) is 3.49. The Morgan fingerprint density at radius 2 is 2.00 bits per heavy atom. The molecule has 7 heteroatoms. The van der Waals surface area contributed by atoms with Gasteiger partial charge in [0.1, 0.15) is 0 Å². The minimum atomic E-state index is -0.457. The molecule has 1 aliphatic heterocycles. The van der Waals surface area contributed by atoms with Crippen LogP contribution in [0.25, 0.3) is 11.1 Å². The second-order valence-electron chi connectivity index (χ2n) is 7.29. The Hall–Kier alpha value is -2.93. The highest BCUT2D eigenvalue weighted by atomic mass is 16.1. The summed E-state index contributed by atoms with van der Waals surface area (Å²) in [7, 11) is 5.97. The molecular weight excluding hydrogens is 354 g/mol. The highest BCUT2D eigenvalue weighted by Crippen LogP contribution is 2.42. The van der Waals surface area contributed by atoms with Crippen LogP contribution in [0.15, 0.2) is 34.2 Å². The van der Waals surface area contributed by atoms with Gasteiger partial charge in [0, 0.05) is 57.1 Å². The van der Waals surface area contributed by atoms with Gasteiger partial charge >= 0.3 is 0 Å². The first-order chi connectivity index (χ1) is 13.3. The number of nitrogens with two attached hydrogens (primary N) is 1. The SMILES string of the molecule is CCn1ccc(-c2cc(N(C)CCN(C)C)c(C(N)=O)c3c2N=CC3)cc1=O. The molecule has 1 amide bonds. The fourth-order valence-electron chi connectivity index (χ4n) is 3.49. The Bertz CT molecular complexity index is 991. The summed E-state index contributed by atoms with van der Waals surface area (Å²) in [6, 6.07) is 5.48. The molecule has 0 unspecified atom stereocenters. The van der Waals surface area contributed by atoms with Gasteiger partial charge in [-0.25, -0.2) is 0 Å². The van der Waals surface area contributed by atoms with Crippen LogP contribution in [0.3, 0.4) is 0 Å². The molecule has 3 rings (SSSR count). The quantitative estimate of drug-likeness (QED) is 0.794. The van der Waals surface area contributed by atoms with Gasteiger partial charge < -0.3 is 20.1 Å². The molecular formula is C21H27N5O2. The third-order valence-electron chi connectivity index (χ3n) is 5.08. The van der Waals surface area contributed by atoms with E-state index in [-0.39, 0.29) is 5.56 Å². The van der Waals surface area contributed by atoms with Crippen molar-refractivity contribution < 1.29 is 4.79 Å². The van der Waals surface area contributed by atoms with Crippen molar-refractivity contribution in [2.24, 2.45) is 10.7 Å². The average Bonchev–Trinajstić information content (AvgIpc) is 3.13. The monoisotopic (exact) mass is 381 g/mol. The molecule has 1 aliphatic rings. The van der Waals surface area contributed by atoms with Crippen LogP contribution in [0.5, 0.6) is 0 Å². The Balaban J connectivity index is 2.18. The standard InChI is InChI=1S/C21H27N5O2/c1-5-26-9-7-14(12-18(26)27)16-13-17(25(4)11-10-24(2)3)19(21(22)28)15-6-8-23-20(15)16/h7-9,12-13H,5-6,10-11H2,1-4H3,(H2,22,28). The molecule has 0 saturated heterocycles. The van der Waals surface area contributed by atoms with Gasteiger partial charge in [0.15, 0.2) is 0 Å². The molecule has 1 aromatic heterocycles. The van der Waals surface area contributed by atoms with Crippen LogP contribution in [0.4, 0.5) is 11.4 Å². The van der Waals surface area contributed by atoms with Crippen molar-refractivity contribution in [3.8, 4) is 11.1 Å². The van der Waals surface area contributed by atoms with Crippen molar-refractivity contribution in [1.82, 2.24) is 9.47 Å². The van der Waals surface area contributed by atoms with E-state index in [0.717, 1.165) is 41.2 Å². The van der Waals surface area contributed by atoms with Gasteiger partial charge in [-0.2, -0.15) is 0 Å². The lowest BCUT2D eigenvalue weighted by atomic mass is 9.93. The summed E-state index contributed by atoms with van der Waals surface area (Å²) in [5, 5.41) is 0. The number of likely N-dealkylation sites (N-methyl/N-ethyl adjacent to an activating group) is 2. The summed E-state index contributed by atoms with van der Waals surface area (Å²) < 4.78 is 1.65. The lowest BCUT2D eigenvalue weighted by molar-refractivity contribution is 0.1000. The van der Waals surface area contributed by atoms with Gasteiger partial charge in [0.2, 0.25) is 0 Å². The summed E-state index contributed by atoms with van der Waals surface area (Å²) in [6.45, 7) is 4.13. The van der Waals surface area contributed by atoms with E-state index >= 15 is 0 Å². The highest BCUT2D eigenvalue weighted by molar-refractivity contribution is 6.06. The maximum absolute atomic E-state index is 12.4. The zero-order chi connectivity index (χ0) is 20.4. The van der Waals surface area contributed by atoms with E-state index < -0.39 is 5.91 Å². The molecule has 1 aromatic carbocycles. The van der Waals surface area contributed by atoms with Crippen LogP contribution in [0.2, 0.25) is 0 Å². The Kier molecular flexibility index (Phi) is 5.65. The number of hydrogen-bond donors (Lipinski definition) is 1. The summed E-state index contributed by atoms with van der Waals surface area (Å²) in [6.07, 6.45) is 4.14. The van der Waals surface area contributed by atoms with E-state index in [1.54, 1.807) is 23.0 Å². The number of rotatable bonds is 7. The molecule has 2 aromatic rings. The molecule has 28 heavy (non-hydrogen) atoms. The Labute approximate surface area is 165 Å². The Morgan fingerprint density at radius 3 is 2.61 bits per heavy atom. The molecule has 148 valence electrons. The van der Waals surface area contributed by atoms with Crippen molar-refractivity contribution in [3.05, 3.63) is 45.9 Å². The molecule has 2 heterocycles. The van der Waals surface area contributed by atoms with Crippen molar-refractivity contribution >= 4 is 23.5 Å². The smallest absolute Gasteiger partial charge is 0.251 e. The number of aryl methyl sites for hydroxylation is 1. The predicted octanol–water partition coefficient (Wildman–Crippen LogP) is 1.89. The molecule has 0 bridgehead atoms. The average molecular weight is 381 g/mol. The number of primary amides is 1. The van der Waals surface area contributed by atoms with Gasteiger partial charge in [-0.05, 0) is 44.3 Å². The topological polar surface area (TPSA) is 83.9 Å². The van der Waals surface area contributed by atoms with Crippen molar-refractivity contribution in [1.29, 1.82) is 0 Å². The summed E-state index contributed by atoms with van der Waals surface area (Å²) in [5.74, 6) is -0.457.